The first-order valence-corrected chi connectivity index (χ1v) is 9.97. The third kappa shape index (κ3) is 3.71. The number of aromatic nitrogens is 3. The zero-order valence-corrected chi connectivity index (χ0v) is 16.9. The summed E-state index contributed by atoms with van der Waals surface area (Å²) in [5, 5.41) is 4.08. The van der Waals surface area contributed by atoms with Crippen LogP contribution in [-0.4, -0.2) is 48.8 Å². The average molecular weight is 402 g/mol. The first kappa shape index (κ1) is 19.8. The molecule has 0 saturated carbocycles. The summed E-state index contributed by atoms with van der Waals surface area (Å²) in [5.41, 5.74) is 1.69. The maximum atomic E-state index is 13.2. The van der Waals surface area contributed by atoms with Crippen LogP contribution in [0.2, 0.25) is 0 Å². The largest absolute Gasteiger partial charge is 0.497 e. The highest BCUT2D eigenvalue weighted by Crippen LogP contribution is 2.33. The van der Waals surface area contributed by atoms with Crippen LogP contribution in [0.15, 0.2) is 60.0 Å². The normalized spacial score (nSPS) is 12.8. The van der Waals surface area contributed by atoms with Crippen LogP contribution >= 0.6 is 0 Å². The van der Waals surface area contributed by atoms with Crippen LogP contribution in [0.4, 0.5) is 0 Å². The number of nitrogens with zero attached hydrogens (tertiary/aromatic N) is 4. The number of methoxy groups -OCH3 is 2. The van der Waals surface area contributed by atoms with Crippen molar-refractivity contribution in [3.05, 3.63) is 60.7 Å². The molecule has 0 radical (unpaired) electrons. The second-order valence-corrected chi connectivity index (χ2v) is 8.11. The zero-order chi connectivity index (χ0) is 20.3. The van der Waals surface area contributed by atoms with Crippen molar-refractivity contribution in [3.63, 3.8) is 0 Å². The van der Waals surface area contributed by atoms with Crippen LogP contribution in [-0.2, 0) is 10.0 Å². The molecule has 8 nitrogen and oxygen atoms in total. The highest BCUT2D eigenvalue weighted by atomic mass is 32.2. The highest BCUT2D eigenvalue weighted by Gasteiger charge is 2.29. The molecule has 0 amide bonds. The van der Waals surface area contributed by atoms with E-state index >= 15 is 0 Å². The quantitative estimate of drug-likeness (QED) is 0.604. The molecule has 9 heteroatoms. The summed E-state index contributed by atoms with van der Waals surface area (Å²) < 4.78 is 39.8. The van der Waals surface area contributed by atoms with Crippen molar-refractivity contribution < 1.29 is 17.9 Å². The van der Waals surface area contributed by atoms with Gasteiger partial charge in [-0.25, -0.2) is 18.1 Å². The molecule has 28 heavy (non-hydrogen) atoms. The minimum absolute atomic E-state index is 0.0583. The lowest BCUT2D eigenvalue weighted by Gasteiger charge is -2.25. The topological polar surface area (TPSA) is 86.5 Å². The lowest BCUT2D eigenvalue weighted by molar-refractivity contribution is 0.376. The molecule has 0 fully saturated rings. The molecule has 0 spiro atoms. The minimum atomic E-state index is -3.81. The van der Waals surface area contributed by atoms with Gasteiger partial charge in [0.25, 0.3) is 0 Å². The Labute approximate surface area is 164 Å². The van der Waals surface area contributed by atoms with Crippen LogP contribution in [0.1, 0.15) is 18.5 Å². The number of hydrogen-bond donors (Lipinski definition) is 0. The summed E-state index contributed by atoms with van der Waals surface area (Å²) in [5.74, 6) is 0.707. The molecule has 3 rings (SSSR count). The summed E-state index contributed by atoms with van der Waals surface area (Å²) in [6.07, 6.45) is 3.06. The summed E-state index contributed by atoms with van der Waals surface area (Å²) >= 11 is 0. The van der Waals surface area contributed by atoms with Gasteiger partial charge in [0.2, 0.25) is 10.0 Å². The van der Waals surface area contributed by atoms with Gasteiger partial charge in [-0.1, -0.05) is 12.1 Å². The van der Waals surface area contributed by atoms with Crippen molar-refractivity contribution in [2.45, 2.75) is 17.9 Å². The Bertz CT molecular complexity index is 1030. The van der Waals surface area contributed by atoms with Gasteiger partial charge in [0.15, 0.2) is 0 Å². The van der Waals surface area contributed by atoms with Crippen molar-refractivity contribution in [1.82, 2.24) is 19.1 Å². The molecule has 2 aromatic carbocycles. The van der Waals surface area contributed by atoms with Gasteiger partial charge in [-0.3, -0.25) is 0 Å². The lowest BCUT2D eigenvalue weighted by atomic mass is 10.1. The van der Waals surface area contributed by atoms with Crippen LogP contribution in [0.3, 0.4) is 0 Å². The van der Waals surface area contributed by atoms with Gasteiger partial charge in [-0.05, 0) is 36.8 Å². The van der Waals surface area contributed by atoms with Crippen LogP contribution in [0.25, 0.3) is 5.69 Å². The monoisotopic (exact) mass is 402 g/mol. The lowest BCUT2D eigenvalue weighted by Crippen LogP contribution is -2.30. The SMILES string of the molecule is COc1ccc(OC)c(S(=O)(=O)N(C)C(C)c2ccc(-n3cncn3)cc2)c1. The Morgan fingerprint density at radius 2 is 1.79 bits per heavy atom. The van der Waals surface area contributed by atoms with E-state index in [1.807, 2.05) is 31.2 Å². The molecule has 0 aliphatic rings. The fourth-order valence-electron chi connectivity index (χ4n) is 2.81. The second kappa shape index (κ2) is 7.99. The zero-order valence-electron chi connectivity index (χ0n) is 16.1. The predicted octanol–water partition coefficient (Wildman–Crippen LogP) is 2.67. The number of rotatable bonds is 7. The molecule has 0 N–H and O–H groups in total. The maximum absolute atomic E-state index is 13.2. The first-order valence-electron chi connectivity index (χ1n) is 8.53. The van der Waals surface area contributed by atoms with E-state index in [-0.39, 0.29) is 10.6 Å². The molecule has 1 aromatic heterocycles. The fourth-order valence-corrected chi connectivity index (χ4v) is 4.32. The van der Waals surface area contributed by atoms with Crippen LogP contribution in [0.5, 0.6) is 11.5 Å². The van der Waals surface area contributed by atoms with Gasteiger partial charge in [0.05, 0.1) is 19.9 Å². The van der Waals surface area contributed by atoms with E-state index in [0.717, 1.165) is 11.3 Å². The highest BCUT2D eigenvalue weighted by molar-refractivity contribution is 7.89. The molecular formula is C19H22N4O4S. The Kier molecular flexibility index (Phi) is 5.66. The Hall–Kier alpha value is -2.91. The van der Waals surface area contributed by atoms with Gasteiger partial charge in [0.1, 0.15) is 29.0 Å². The van der Waals surface area contributed by atoms with Crippen molar-refractivity contribution in [2.24, 2.45) is 0 Å². The summed E-state index contributed by atoms with van der Waals surface area (Å²) in [7, 11) is 0.657. The van der Waals surface area contributed by atoms with E-state index in [1.165, 1.54) is 30.9 Å². The third-order valence-corrected chi connectivity index (χ3v) is 6.58. The van der Waals surface area contributed by atoms with Gasteiger partial charge < -0.3 is 9.47 Å². The molecule has 0 aliphatic heterocycles. The Balaban J connectivity index is 1.91. The van der Waals surface area contributed by atoms with Crippen molar-refractivity contribution in [2.75, 3.05) is 21.3 Å². The molecule has 1 heterocycles. The molecule has 0 bridgehead atoms. The van der Waals surface area contributed by atoms with Crippen LogP contribution < -0.4 is 9.47 Å². The molecule has 0 aliphatic carbocycles. The smallest absolute Gasteiger partial charge is 0.247 e. The Morgan fingerprint density at radius 3 is 2.36 bits per heavy atom. The van der Waals surface area contributed by atoms with Gasteiger partial charge in [-0.15, -0.1) is 0 Å². The molecule has 148 valence electrons. The number of ether oxygens (including phenoxy) is 2. The molecule has 1 unspecified atom stereocenters. The van der Waals surface area contributed by atoms with Crippen molar-refractivity contribution in [1.29, 1.82) is 0 Å². The van der Waals surface area contributed by atoms with Gasteiger partial charge in [0, 0.05) is 19.2 Å². The van der Waals surface area contributed by atoms with Crippen molar-refractivity contribution in [3.8, 4) is 17.2 Å². The van der Waals surface area contributed by atoms with E-state index in [0.29, 0.717) is 5.75 Å². The van der Waals surface area contributed by atoms with Crippen molar-refractivity contribution >= 4 is 10.0 Å². The van der Waals surface area contributed by atoms with Gasteiger partial charge in [-0.2, -0.15) is 9.40 Å². The van der Waals surface area contributed by atoms with E-state index in [1.54, 1.807) is 30.2 Å². The third-order valence-electron chi connectivity index (χ3n) is 4.63. The van der Waals surface area contributed by atoms with E-state index in [4.69, 9.17) is 9.47 Å². The second-order valence-electron chi connectivity index (χ2n) is 6.15. The van der Waals surface area contributed by atoms with E-state index < -0.39 is 16.1 Å². The molecule has 1 atom stereocenters. The number of hydrogen-bond acceptors (Lipinski definition) is 6. The standard InChI is InChI=1S/C19H22N4O4S/c1-14(15-5-7-16(8-6-15)23-13-20-12-21-23)22(2)28(24,25)19-11-17(26-3)9-10-18(19)27-4/h5-14H,1-4H3. The summed E-state index contributed by atoms with van der Waals surface area (Å²) in [4.78, 5) is 3.98. The first-order chi connectivity index (χ1) is 13.4. The van der Waals surface area contributed by atoms with Gasteiger partial charge >= 0.3 is 0 Å². The molecular weight excluding hydrogens is 380 g/mol. The molecule has 3 aromatic rings. The minimum Gasteiger partial charge on any atom is -0.497 e. The fraction of sp³-hybridized carbons (Fsp3) is 0.263. The van der Waals surface area contributed by atoms with E-state index in [2.05, 4.69) is 10.1 Å². The molecule has 0 saturated heterocycles. The van der Waals surface area contributed by atoms with Crippen LogP contribution in [0, 0.1) is 0 Å². The Morgan fingerprint density at radius 1 is 1.07 bits per heavy atom. The maximum Gasteiger partial charge on any atom is 0.247 e. The number of sulfonamides is 1. The average Bonchev–Trinajstić information content (AvgIpc) is 3.27. The predicted molar refractivity (Wildman–Crippen MR) is 104 cm³/mol. The summed E-state index contributed by atoms with van der Waals surface area (Å²) in [6.45, 7) is 1.83. The van der Waals surface area contributed by atoms with E-state index in [9.17, 15) is 8.42 Å². The summed E-state index contributed by atoms with van der Waals surface area (Å²) in [6, 6.07) is 11.8. The number of benzene rings is 2.